The number of halogens is 2. The molecule has 0 saturated heterocycles. The van der Waals surface area contributed by atoms with Gasteiger partial charge in [0.15, 0.2) is 0 Å². The van der Waals surface area contributed by atoms with Crippen molar-refractivity contribution in [1.82, 2.24) is 9.88 Å². The number of esters is 1. The molecule has 0 unspecified atom stereocenters. The van der Waals surface area contributed by atoms with Crippen LogP contribution in [0.1, 0.15) is 43.7 Å². The van der Waals surface area contributed by atoms with Gasteiger partial charge in [0.05, 0.1) is 23.9 Å². The summed E-state index contributed by atoms with van der Waals surface area (Å²) in [4.78, 5) is 37.1. The Kier molecular flexibility index (Phi) is 7.02. The van der Waals surface area contributed by atoms with Gasteiger partial charge in [-0.15, -0.1) is 0 Å². The van der Waals surface area contributed by atoms with Crippen molar-refractivity contribution in [3.8, 4) is 5.69 Å². The molecule has 9 heteroatoms. The average Bonchev–Trinajstić information content (AvgIpc) is 2.61. The van der Waals surface area contributed by atoms with E-state index < -0.39 is 29.0 Å². The van der Waals surface area contributed by atoms with Gasteiger partial charge in [-0.3, -0.25) is 9.36 Å². The number of amides is 1. The normalized spacial score (nSPS) is 11.1. The van der Waals surface area contributed by atoms with Gasteiger partial charge < -0.3 is 14.8 Å². The quantitative estimate of drug-likeness (QED) is 0.737. The first kappa shape index (κ1) is 22.4. The Labute approximate surface area is 172 Å². The third-order valence-corrected chi connectivity index (χ3v) is 3.96. The second kappa shape index (κ2) is 9.09. The molecule has 29 heavy (non-hydrogen) atoms. The number of nitrogens with zero attached hydrogens (tertiary/aromatic N) is 1. The Morgan fingerprint density at radius 1 is 1.21 bits per heavy atom. The van der Waals surface area contributed by atoms with E-state index in [9.17, 15) is 18.8 Å². The Morgan fingerprint density at radius 3 is 2.38 bits per heavy atom. The molecule has 7 nitrogen and oxygen atoms in total. The molecule has 0 aliphatic heterocycles. The molecule has 1 aromatic heterocycles. The molecular weight excluding hydrogens is 403 g/mol. The lowest BCUT2D eigenvalue weighted by Crippen LogP contribution is -2.35. The SMILES string of the molecule is CCOC(=O)c1cc(Cl)c(CNC(=O)OC(C)(C)C)n(-c2ccc(F)cc2)c1=O. The molecule has 1 N–H and O–H groups in total. The largest absolute Gasteiger partial charge is 0.462 e. The fourth-order valence-corrected chi connectivity index (χ4v) is 2.73. The zero-order valence-corrected chi connectivity index (χ0v) is 17.3. The average molecular weight is 425 g/mol. The number of ether oxygens (including phenoxy) is 2. The van der Waals surface area contributed by atoms with Gasteiger partial charge in [0.1, 0.15) is 17.0 Å². The van der Waals surface area contributed by atoms with E-state index in [2.05, 4.69) is 5.32 Å². The van der Waals surface area contributed by atoms with E-state index in [0.717, 1.165) is 16.7 Å². The van der Waals surface area contributed by atoms with E-state index in [1.165, 1.54) is 18.2 Å². The van der Waals surface area contributed by atoms with E-state index in [1.54, 1.807) is 27.7 Å². The highest BCUT2D eigenvalue weighted by molar-refractivity contribution is 6.31. The number of benzene rings is 1. The number of hydrogen-bond donors (Lipinski definition) is 1. The predicted molar refractivity (Wildman–Crippen MR) is 106 cm³/mol. The van der Waals surface area contributed by atoms with Crippen LogP contribution < -0.4 is 10.9 Å². The summed E-state index contributed by atoms with van der Waals surface area (Å²) < 4.78 is 24.6. The van der Waals surface area contributed by atoms with Gasteiger partial charge in [-0.1, -0.05) is 11.6 Å². The summed E-state index contributed by atoms with van der Waals surface area (Å²) in [6.07, 6.45) is -0.707. The number of aromatic nitrogens is 1. The summed E-state index contributed by atoms with van der Waals surface area (Å²) >= 11 is 6.31. The van der Waals surface area contributed by atoms with Gasteiger partial charge >= 0.3 is 12.1 Å². The molecule has 0 saturated carbocycles. The number of carbonyl (C=O) groups is 2. The minimum atomic E-state index is -0.832. The van der Waals surface area contributed by atoms with Crippen molar-refractivity contribution in [1.29, 1.82) is 0 Å². The van der Waals surface area contributed by atoms with Gasteiger partial charge in [-0.25, -0.2) is 14.0 Å². The summed E-state index contributed by atoms with van der Waals surface area (Å²) in [7, 11) is 0. The molecule has 1 amide bonds. The summed E-state index contributed by atoms with van der Waals surface area (Å²) in [6, 6.07) is 6.24. The number of alkyl carbamates (subject to hydrolysis) is 1. The van der Waals surface area contributed by atoms with Crippen LogP contribution in [0.3, 0.4) is 0 Å². The fraction of sp³-hybridized carbons (Fsp3) is 0.350. The number of pyridine rings is 1. The lowest BCUT2D eigenvalue weighted by Gasteiger charge is -2.21. The zero-order valence-electron chi connectivity index (χ0n) is 16.5. The van der Waals surface area contributed by atoms with Gasteiger partial charge in [-0.05, 0) is 58.0 Å². The van der Waals surface area contributed by atoms with Gasteiger partial charge in [0, 0.05) is 5.69 Å². The van der Waals surface area contributed by atoms with Crippen LogP contribution in [-0.4, -0.2) is 28.8 Å². The minimum absolute atomic E-state index is 0.0491. The number of nitrogens with one attached hydrogen (secondary N) is 1. The summed E-state index contributed by atoms with van der Waals surface area (Å²) in [6.45, 7) is 6.65. The standard InChI is InChI=1S/C20H22ClFN2O5/c1-5-28-18(26)14-10-15(21)16(11-23-19(27)29-20(2,3)4)24(17(14)25)13-8-6-12(22)7-9-13/h6-10H,5,11H2,1-4H3,(H,23,27). The van der Waals surface area contributed by atoms with Crippen molar-refractivity contribution in [3.05, 3.63) is 62.8 Å². The van der Waals surface area contributed by atoms with Crippen molar-refractivity contribution in [2.75, 3.05) is 6.61 Å². The highest BCUT2D eigenvalue weighted by Crippen LogP contribution is 2.20. The number of rotatable bonds is 5. The van der Waals surface area contributed by atoms with Crippen LogP contribution in [0.2, 0.25) is 5.02 Å². The maximum atomic E-state index is 13.3. The monoisotopic (exact) mass is 424 g/mol. The Morgan fingerprint density at radius 2 is 1.83 bits per heavy atom. The third-order valence-electron chi connectivity index (χ3n) is 3.63. The molecule has 0 aliphatic rings. The van der Waals surface area contributed by atoms with Crippen LogP contribution >= 0.6 is 11.6 Å². The number of hydrogen-bond acceptors (Lipinski definition) is 5. The van der Waals surface area contributed by atoms with Gasteiger partial charge in [0.25, 0.3) is 5.56 Å². The van der Waals surface area contributed by atoms with E-state index in [-0.39, 0.29) is 35.1 Å². The fourth-order valence-electron chi connectivity index (χ4n) is 2.47. The lowest BCUT2D eigenvalue weighted by atomic mass is 10.2. The Balaban J connectivity index is 2.53. The molecule has 0 spiro atoms. The second-order valence-corrected chi connectivity index (χ2v) is 7.45. The van der Waals surface area contributed by atoms with Crippen molar-refractivity contribution < 1.29 is 23.5 Å². The van der Waals surface area contributed by atoms with E-state index in [0.29, 0.717) is 0 Å². The maximum Gasteiger partial charge on any atom is 0.407 e. The van der Waals surface area contributed by atoms with Crippen LogP contribution in [0.5, 0.6) is 0 Å². The first-order valence-corrected chi connectivity index (χ1v) is 9.25. The highest BCUT2D eigenvalue weighted by atomic mass is 35.5. The molecule has 0 aliphatic carbocycles. The van der Waals surface area contributed by atoms with Crippen LogP contribution in [0.15, 0.2) is 35.1 Å². The van der Waals surface area contributed by atoms with E-state index in [4.69, 9.17) is 21.1 Å². The van der Waals surface area contributed by atoms with Crippen molar-refractivity contribution >= 4 is 23.7 Å². The molecule has 0 bridgehead atoms. The Hall–Kier alpha value is -2.87. The molecule has 2 rings (SSSR count). The van der Waals surface area contributed by atoms with Crippen LogP contribution in [0, 0.1) is 5.82 Å². The molecule has 0 atom stereocenters. The van der Waals surface area contributed by atoms with Crippen LogP contribution in [-0.2, 0) is 16.0 Å². The van der Waals surface area contributed by atoms with Crippen LogP contribution in [0.4, 0.5) is 9.18 Å². The number of carbonyl (C=O) groups excluding carboxylic acids is 2. The van der Waals surface area contributed by atoms with Crippen molar-refractivity contribution in [3.63, 3.8) is 0 Å². The third kappa shape index (κ3) is 5.80. The highest BCUT2D eigenvalue weighted by Gasteiger charge is 2.22. The van der Waals surface area contributed by atoms with Crippen molar-refractivity contribution in [2.45, 2.75) is 39.8 Å². The molecule has 0 radical (unpaired) electrons. The smallest absolute Gasteiger partial charge is 0.407 e. The van der Waals surface area contributed by atoms with E-state index >= 15 is 0 Å². The van der Waals surface area contributed by atoms with E-state index in [1.807, 2.05) is 0 Å². The minimum Gasteiger partial charge on any atom is -0.462 e. The Bertz CT molecular complexity index is 965. The molecule has 1 aromatic carbocycles. The van der Waals surface area contributed by atoms with Gasteiger partial charge in [0.2, 0.25) is 0 Å². The lowest BCUT2D eigenvalue weighted by molar-refractivity contribution is 0.0510. The molecule has 2 aromatic rings. The molecule has 0 fully saturated rings. The predicted octanol–water partition coefficient (Wildman–Crippen LogP) is 3.83. The van der Waals surface area contributed by atoms with Crippen molar-refractivity contribution in [2.24, 2.45) is 0 Å². The second-order valence-electron chi connectivity index (χ2n) is 7.05. The topological polar surface area (TPSA) is 86.6 Å². The first-order valence-electron chi connectivity index (χ1n) is 8.88. The summed E-state index contributed by atoms with van der Waals surface area (Å²) in [5.41, 5.74) is -1.23. The molecule has 1 heterocycles. The zero-order chi connectivity index (χ0) is 21.8. The van der Waals surface area contributed by atoms with Crippen LogP contribution in [0.25, 0.3) is 5.69 Å². The summed E-state index contributed by atoms with van der Waals surface area (Å²) in [5.74, 6) is -1.33. The maximum absolute atomic E-state index is 13.3. The van der Waals surface area contributed by atoms with Gasteiger partial charge in [-0.2, -0.15) is 0 Å². The molecular formula is C20H22ClFN2O5. The summed E-state index contributed by atoms with van der Waals surface area (Å²) in [5, 5.41) is 2.57. The first-order chi connectivity index (χ1) is 13.5. The molecule has 156 valence electrons.